The van der Waals surface area contributed by atoms with Gasteiger partial charge in [-0.15, -0.1) is 0 Å². The number of hydrogen-bond donors (Lipinski definition) is 2. The van der Waals surface area contributed by atoms with Crippen molar-refractivity contribution in [3.63, 3.8) is 0 Å². The number of benzene rings is 1. The number of piperazine rings is 1. The zero-order chi connectivity index (χ0) is 11.5. The van der Waals surface area contributed by atoms with Crippen molar-refractivity contribution in [2.75, 3.05) is 24.5 Å². The maximum Gasteiger partial charge on any atom is 0.335 e. The third-order valence-corrected chi connectivity index (χ3v) is 2.85. The summed E-state index contributed by atoms with van der Waals surface area (Å²) in [4.78, 5) is 13.0. The lowest BCUT2D eigenvalue weighted by molar-refractivity contribution is 0.0697. The number of carboxylic acid groups (broad SMARTS) is 1. The molecule has 1 fully saturated rings. The third kappa shape index (κ3) is 2.33. The van der Waals surface area contributed by atoms with Crippen LogP contribution < -0.4 is 10.2 Å². The van der Waals surface area contributed by atoms with Crippen LogP contribution in [0.25, 0.3) is 0 Å². The molecule has 4 heteroatoms. The van der Waals surface area contributed by atoms with E-state index in [1.807, 2.05) is 12.1 Å². The summed E-state index contributed by atoms with van der Waals surface area (Å²) in [6.45, 7) is 5.06. The molecule has 0 spiro atoms. The van der Waals surface area contributed by atoms with Gasteiger partial charge in [-0.2, -0.15) is 0 Å². The second-order valence-electron chi connectivity index (χ2n) is 4.15. The molecule has 4 nitrogen and oxygen atoms in total. The van der Waals surface area contributed by atoms with E-state index in [1.54, 1.807) is 12.1 Å². The molecule has 2 rings (SSSR count). The van der Waals surface area contributed by atoms with Gasteiger partial charge in [-0.3, -0.25) is 0 Å². The fourth-order valence-corrected chi connectivity index (χ4v) is 1.98. The molecule has 0 aliphatic carbocycles. The van der Waals surface area contributed by atoms with E-state index in [0.717, 1.165) is 25.3 Å². The number of anilines is 1. The summed E-state index contributed by atoms with van der Waals surface area (Å²) >= 11 is 0. The standard InChI is InChI=1S/C12H16N2O2/c1-9-8-14(7-6-13-9)11-4-2-10(3-5-11)12(15)16/h2-5,9,13H,6-8H2,1H3,(H,15,16)/t9-/m0/s1. The Kier molecular flexibility index (Phi) is 3.10. The number of nitrogens with zero attached hydrogens (tertiary/aromatic N) is 1. The van der Waals surface area contributed by atoms with Crippen LogP contribution >= 0.6 is 0 Å². The Morgan fingerprint density at radius 2 is 2.12 bits per heavy atom. The molecule has 2 N–H and O–H groups in total. The van der Waals surface area contributed by atoms with Gasteiger partial charge in [-0.05, 0) is 31.2 Å². The first-order chi connectivity index (χ1) is 7.66. The molecule has 0 unspecified atom stereocenters. The highest BCUT2D eigenvalue weighted by molar-refractivity contribution is 5.88. The number of nitrogens with one attached hydrogen (secondary N) is 1. The normalized spacial score (nSPS) is 20.8. The second kappa shape index (κ2) is 4.53. The zero-order valence-electron chi connectivity index (χ0n) is 9.31. The molecule has 0 radical (unpaired) electrons. The lowest BCUT2D eigenvalue weighted by atomic mass is 10.1. The predicted molar refractivity (Wildman–Crippen MR) is 63.1 cm³/mol. The molecule has 1 heterocycles. The maximum absolute atomic E-state index is 10.7. The van der Waals surface area contributed by atoms with Gasteiger partial charge in [-0.1, -0.05) is 0 Å². The van der Waals surface area contributed by atoms with E-state index in [2.05, 4.69) is 17.1 Å². The van der Waals surface area contributed by atoms with Crippen molar-refractivity contribution < 1.29 is 9.90 Å². The van der Waals surface area contributed by atoms with Crippen LogP contribution in [0.1, 0.15) is 17.3 Å². The topological polar surface area (TPSA) is 52.6 Å². The highest BCUT2D eigenvalue weighted by Crippen LogP contribution is 2.16. The summed E-state index contributed by atoms with van der Waals surface area (Å²) in [5, 5.41) is 12.2. The van der Waals surface area contributed by atoms with Gasteiger partial charge in [0.2, 0.25) is 0 Å². The van der Waals surface area contributed by atoms with Gasteiger partial charge in [0.25, 0.3) is 0 Å². The zero-order valence-corrected chi connectivity index (χ0v) is 9.31. The maximum atomic E-state index is 10.7. The van der Waals surface area contributed by atoms with E-state index >= 15 is 0 Å². The molecular weight excluding hydrogens is 204 g/mol. The minimum Gasteiger partial charge on any atom is -0.478 e. The minimum atomic E-state index is -0.875. The minimum absolute atomic E-state index is 0.340. The fourth-order valence-electron chi connectivity index (χ4n) is 1.98. The lowest BCUT2D eigenvalue weighted by Crippen LogP contribution is -2.49. The molecule has 16 heavy (non-hydrogen) atoms. The molecule has 1 atom stereocenters. The summed E-state index contributed by atoms with van der Waals surface area (Å²) < 4.78 is 0. The van der Waals surface area contributed by atoms with Crippen LogP contribution in [0.15, 0.2) is 24.3 Å². The summed E-state index contributed by atoms with van der Waals surface area (Å²) in [6.07, 6.45) is 0. The van der Waals surface area contributed by atoms with Gasteiger partial charge in [0.15, 0.2) is 0 Å². The average Bonchev–Trinajstić information content (AvgIpc) is 2.29. The Morgan fingerprint density at radius 3 is 2.69 bits per heavy atom. The second-order valence-corrected chi connectivity index (χ2v) is 4.15. The van der Waals surface area contributed by atoms with E-state index < -0.39 is 5.97 Å². The van der Waals surface area contributed by atoms with Crippen molar-refractivity contribution in [1.29, 1.82) is 0 Å². The summed E-state index contributed by atoms with van der Waals surface area (Å²) in [5.41, 5.74) is 1.44. The Balaban J connectivity index is 2.11. The Hall–Kier alpha value is -1.55. The monoisotopic (exact) mass is 220 g/mol. The number of hydrogen-bond acceptors (Lipinski definition) is 3. The first-order valence-electron chi connectivity index (χ1n) is 5.48. The lowest BCUT2D eigenvalue weighted by Gasteiger charge is -2.33. The van der Waals surface area contributed by atoms with Crippen LogP contribution in [-0.2, 0) is 0 Å². The van der Waals surface area contributed by atoms with Crippen molar-refractivity contribution in [2.45, 2.75) is 13.0 Å². The van der Waals surface area contributed by atoms with Crippen LogP contribution in [0, 0.1) is 0 Å². The van der Waals surface area contributed by atoms with E-state index in [9.17, 15) is 4.79 Å². The van der Waals surface area contributed by atoms with Crippen LogP contribution in [0.2, 0.25) is 0 Å². The summed E-state index contributed by atoms with van der Waals surface area (Å²) in [5.74, 6) is -0.875. The number of carboxylic acids is 1. The quantitative estimate of drug-likeness (QED) is 0.786. The Morgan fingerprint density at radius 1 is 1.44 bits per heavy atom. The van der Waals surface area contributed by atoms with Crippen molar-refractivity contribution in [1.82, 2.24) is 5.32 Å². The van der Waals surface area contributed by atoms with Gasteiger partial charge in [0, 0.05) is 31.4 Å². The van der Waals surface area contributed by atoms with Crippen molar-refractivity contribution in [2.24, 2.45) is 0 Å². The van der Waals surface area contributed by atoms with Crippen molar-refractivity contribution in [3.05, 3.63) is 29.8 Å². The molecular formula is C12H16N2O2. The van der Waals surface area contributed by atoms with E-state index in [-0.39, 0.29) is 0 Å². The van der Waals surface area contributed by atoms with Crippen LogP contribution in [-0.4, -0.2) is 36.8 Å². The van der Waals surface area contributed by atoms with Gasteiger partial charge in [0.1, 0.15) is 0 Å². The largest absolute Gasteiger partial charge is 0.478 e. The molecule has 1 aromatic carbocycles. The van der Waals surface area contributed by atoms with Gasteiger partial charge < -0.3 is 15.3 Å². The molecule has 0 bridgehead atoms. The van der Waals surface area contributed by atoms with Crippen LogP contribution in [0.3, 0.4) is 0 Å². The molecule has 0 saturated carbocycles. The summed E-state index contributed by atoms with van der Waals surface area (Å²) in [7, 11) is 0. The molecule has 0 aromatic heterocycles. The van der Waals surface area contributed by atoms with E-state index in [0.29, 0.717) is 11.6 Å². The van der Waals surface area contributed by atoms with Gasteiger partial charge >= 0.3 is 5.97 Å². The first-order valence-corrected chi connectivity index (χ1v) is 5.48. The van der Waals surface area contributed by atoms with Crippen molar-refractivity contribution >= 4 is 11.7 Å². The predicted octanol–water partition coefficient (Wildman–Crippen LogP) is 1.18. The highest BCUT2D eigenvalue weighted by atomic mass is 16.4. The third-order valence-electron chi connectivity index (χ3n) is 2.85. The molecule has 86 valence electrons. The number of aromatic carboxylic acids is 1. The van der Waals surface area contributed by atoms with Crippen LogP contribution in [0.4, 0.5) is 5.69 Å². The summed E-state index contributed by atoms with van der Waals surface area (Å²) in [6, 6.07) is 7.55. The first kappa shape index (κ1) is 11.0. The van der Waals surface area contributed by atoms with Gasteiger partial charge in [0.05, 0.1) is 5.56 Å². The van der Waals surface area contributed by atoms with Gasteiger partial charge in [-0.25, -0.2) is 4.79 Å². The Bertz CT molecular complexity index is 375. The molecule has 1 aliphatic rings. The Labute approximate surface area is 94.9 Å². The molecule has 0 amide bonds. The number of rotatable bonds is 2. The highest BCUT2D eigenvalue weighted by Gasteiger charge is 2.15. The van der Waals surface area contributed by atoms with Crippen molar-refractivity contribution in [3.8, 4) is 0 Å². The molecule has 1 aromatic rings. The smallest absolute Gasteiger partial charge is 0.335 e. The average molecular weight is 220 g/mol. The molecule has 1 aliphatic heterocycles. The van der Waals surface area contributed by atoms with E-state index in [4.69, 9.17) is 5.11 Å². The fraction of sp³-hybridized carbons (Fsp3) is 0.417. The number of carbonyl (C=O) groups is 1. The van der Waals surface area contributed by atoms with Crippen LogP contribution in [0.5, 0.6) is 0 Å². The van der Waals surface area contributed by atoms with E-state index in [1.165, 1.54) is 0 Å². The molecule has 1 saturated heterocycles. The SMILES string of the molecule is C[C@H]1CN(c2ccc(C(=O)O)cc2)CCN1.